The fraction of sp³-hybridized carbons (Fsp3) is 0.250. The zero-order chi connectivity index (χ0) is 18.6. The molecule has 0 spiro atoms. The van der Waals surface area contributed by atoms with E-state index in [0.29, 0.717) is 41.4 Å². The number of hydrogen-bond acceptors (Lipinski definition) is 7. The van der Waals surface area contributed by atoms with E-state index in [0.717, 1.165) is 17.5 Å². The van der Waals surface area contributed by atoms with E-state index in [2.05, 4.69) is 10.2 Å². The molecular weight excluding hydrogens is 364 g/mol. The molecule has 0 saturated heterocycles. The molecule has 138 valence electrons. The number of benzene rings is 2. The summed E-state index contributed by atoms with van der Waals surface area (Å²) in [5.74, 6) is 1.92. The molecule has 7 heteroatoms. The van der Waals surface area contributed by atoms with Gasteiger partial charge in [0.25, 0.3) is 5.22 Å². The van der Waals surface area contributed by atoms with Gasteiger partial charge in [0.15, 0.2) is 17.3 Å². The van der Waals surface area contributed by atoms with E-state index in [-0.39, 0.29) is 11.5 Å². The molecule has 2 aromatic carbocycles. The van der Waals surface area contributed by atoms with E-state index in [9.17, 15) is 4.79 Å². The molecular formula is C20H18N2O4S. The molecule has 27 heavy (non-hydrogen) atoms. The standard InChI is InChI=1S/C20H18N2O4S/c1-13-5-2-3-6-15(13)19-21-22-20(26-19)27-12-16(23)14-7-8-17-18(11-14)25-10-4-9-24-17/h2-3,5-8,11H,4,9-10,12H2,1H3. The van der Waals surface area contributed by atoms with Gasteiger partial charge in [-0.15, -0.1) is 10.2 Å². The minimum absolute atomic E-state index is 0.0358. The highest BCUT2D eigenvalue weighted by atomic mass is 32.2. The number of ketones is 1. The van der Waals surface area contributed by atoms with Gasteiger partial charge in [-0.2, -0.15) is 0 Å². The monoisotopic (exact) mass is 382 g/mol. The highest BCUT2D eigenvalue weighted by Crippen LogP contribution is 2.31. The second-order valence-corrected chi connectivity index (χ2v) is 7.04. The third-order valence-corrected chi connectivity index (χ3v) is 5.00. The molecule has 0 aliphatic carbocycles. The number of ether oxygens (including phenoxy) is 2. The number of Topliss-reactive ketones (excluding diaryl/α,β-unsaturated/α-hetero) is 1. The van der Waals surface area contributed by atoms with Gasteiger partial charge in [0.05, 0.1) is 19.0 Å². The maximum absolute atomic E-state index is 12.5. The van der Waals surface area contributed by atoms with Crippen LogP contribution >= 0.6 is 11.8 Å². The van der Waals surface area contributed by atoms with Crippen LogP contribution in [0, 0.1) is 6.92 Å². The number of rotatable bonds is 5. The third kappa shape index (κ3) is 3.98. The number of fused-ring (bicyclic) bond motifs is 1. The minimum Gasteiger partial charge on any atom is -0.490 e. The smallest absolute Gasteiger partial charge is 0.277 e. The van der Waals surface area contributed by atoms with E-state index >= 15 is 0 Å². The Morgan fingerprint density at radius 3 is 2.74 bits per heavy atom. The Labute approximate surface area is 160 Å². The molecule has 0 amide bonds. The first-order valence-electron chi connectivity index (χ1n) is 8.66. The predicted octanol–water partition coefficient (Wildman–Crippen LogP) is 4.18. The molecule has 2 heterocycles. The summed E-state index contributed by atoms with van der Waals surface area (Å²) in [6.07, 6.45) is 0.828. The van der Waals surface area contributed by atoms with E-state index < -0.39 is 0 Å². The first-order valence-corrected chi connectivity index (χ1v) is 9.64. The van der Waals surface area contributed by atoms with Crippen molar-refractivity contribution in [3.63, 3.8) is 0 Å². The maximum atomic E-state index is 12.5. The summed E-state index contributed by atoms with van der Waals surface area (Å²) in [6, 6.07) is 13.1. The number of carbonyl (C=O) groups is 1. The molecule has 0 saturated carbocycles. The zero-order valence-corrected chi connectivity index (χ0v) is 15.6. The van der Waals surface area contributed by atoms with Crippen molar-refractivity contribution in [2.75, 3.05) is 19.0 Å². The van der Waals surface area contributed by atoms with Crippen molar-refractivity contribution in [2.24, 2.45) is 0 Å². The molecule has 0 unspecified atom stereocenters. The Bertz CT molecular complexity index is 970. The SMILES string of the molecule is Cc1ccccc1-c1nnc(SCC(=O)c2ccc3c(c2)OCCCO3)o1. The molecule has 1 aliphatic rings. The average molecular weight is 382 g/mol. The summed E-state index contributed by atoms with van der Waals surface area (Å²) in [5.41, 5.74) is 2.53. The summed E-state index contributed by atoms with van der Waals surface area (Å²) in [4.78, 5) is 12.5. The van der Waals surface area contributed by atoms with Gasteiger partial charge in [0.1, 0.15) is 0 Å². The first kappa shape index (κ1) is 17.6. The number of nitrogens with zero attached hydrogens (tertiary/aromatic N) is 2. The summed E-state index contributed by atoms with van der Waals surface area (Å²) >= 11 is 1.22. The molecule has 0 atom stereocenters. The summed E-state index contributed by atoms with van der Waals surface area (Å²) in [7, 11) is 0. The number of hydrogen-bond donors (Lipinski definition) is 0. The van der Waals surface area contributed by atoms with E-state index in [4.69, 9.17) is 13.9 Å². The van der Waals surface area contributed by atoms with Crippen molar-refractivity contribution in [3.05, 3.63) is 53.6 Å². The summed E-state index contributed by atoms with van der Waals surface area (Å²) in [6.45, 7) is 3.19. The molecule has 0 N–H and O–H groups in total. The zero-order valence-electron chi connectivity index (χ0n) is 14.8. The van der Waals surface area contributed by atoms with E-state index in [1.165, 1.54) is 11.8 Å². The number of aromatic nitrogens is 2. The van der Waals surface area contributed by atoms with Crippen molar-refractivity contribution in [3.8, 4) is 23.0 Å². The molecule has 0 fully saturated rings. The first-order chi connectivity index (χ1) is 13.2. The summed E-state index contributed by atoms with van der Waals surface area (Å²) < 4.78 is 16.9. The van der Waals surface area contributed by atoms with Crippen molar-refractivity contribution < 1.29 is 18.7 Å². The van der Waals surface area contributed by atoms with Gasteiger partial charge in [-0.05, 0) is 36.8 Å². The predicted molar refractivity (Wildman–Crippen MR) is 102 cm³/mol. The maximum Gasteiger partial charge on any atom is 0.277 e. The third-order valence-electron chi connectivity index (χ3n) is 4.18. The largest absolute Gasteiger partial charge is 0.490 e. The molecule has 0 bridgehead atoms. The Morgan fingerprint density at radius 1 is 1.07 bits per heavy atom. The van der Waals surface area contributed by atoms with Gasteiger partial charge in [0, 0.05) is 17.5 Å². The quantitative estimate of drug-likeness (QED) is 0.484. The normalized spacial score (nSPS) is 13.2. The van der Waals surface area contributed by atoms with Crippen molar-refractivity contribution >= 4 is 17.5 Å². The fourth-order valence-corrected chi connectivity index (χ4v) is 3.39. The highest BCUT2D eigenvalue weighted by molar-refractivity contribution is 7.99. The lowest BCUT2D eigenvalue weighted by Gasteiger charge is -2.08. The van der Waals surface area contributed by atoms with Gasteiger partial charge in [0.2, 0.25) is 5.89 Å². The highest BCUT2D eigenvalue weighted by Gasteiger charge is 2.16. The minimum atomic E-state index is -0.0358. The lowest BCUT2D eigenvalue weighted by Crippen LogP contribution is -2.03. The van der Waals surface area contributed by atoms with Crippen molar-refractivity contribution in [2.45, 2.75) is 18.6 Å². The lowest BCUT2D eigenvalue weighted by atomic mass is 10.1. The van der Waals surface area contributed by atoms with Crippen LogP contribution in [0.2, 0.25) is 0 Å². The van der Waals surface area contributed by atoms with Crippen LogP contribution in [0.1, 0.15) is 22.3 Å². The summed E-state index contributed by atoms with van der Waals surface area (Å²) in [5, 5.41) is 8.48. The number of thioether (sulfide) groups is 1. The van der Waals surface area contributed by atoms with Gasteiger partial charge in [-0.3, -0.25) is 4.79 Å². The molecule has 1 aromatic heterocycles. The van der Waals surface area contributed by atoms with Crippen molar-refractivity contribution in [1.82, 2.24) is 10.2 Å². The molecule has 6 nitrogen and oxygen atoms in total. The van der Waals surface area contributed by atoms with Crippen molar-refractivity contribution in [1.29, 1.82) is 0 Å². The van der Waals surface area contributed by atoms with E-state index in [1.54, 1.807) is 18.2 Å². The van der Waals surface area contributed by atoms with Gasteiger partial charge in [-0.25, -0.2) is 0 Å². The van der Waals surface area contributed by atoms with Crippen LogP contribution in [0.25, 0.3) is 11.5 Å². The van der Waals surface area contributed by atoms with Crippen LogP contribution in [-0.2, 0) is 0 Å². The van der Waals surface area contributed by atoms with Crippen LogP contribution in [0.15, 0.2) is 52.1 Å². The van der Waals surface area contributed by atoms with Gasteiger partial charge < -0.3 is 13.9 Å². The van der Waals surface area contributed by atoms with Crippen LogP contribution in [0.3, 0.4) is 0 Å². The van der Waals surface area contributed by atoms with Crippen LogP contribution in [0.5, 0.6) is 11.5 Å². The van der Waals surface area contributed by atoms with Crippen LogP contribution in [0.4, 0.5) is 0 Å². The Morgan fingerprint density at radius 2 is 1.89 bits per heavy atom. The fourth-order valence-electron chi connectivity index (χ4n) is 2.74. The van der Waals surface area contributed by atoms with Crippen LogP contribution < -0.4 is 9.47 Å². The van der Waals surface area contributed by atoms with Gasteiger partial charge >= 0.3 is 0 Å². The van der Waals surface area contributed by atoms with E-state index in [1.807, 2.05) is 31.2 Å². The topological polar surface area (TPSA) is 74.5 Å². The molecule has 4 rings (SSSR count). The number of carbonyl (C=O) groups excluding carboxylic acids is 1. The van der Waals surface area contributed by atoms with Crippen LogP contribution in [-0.4, -0.2) is 34.9 Å². The molecule has 3 aromatic rings. The average Bonchev–Trinajstić information content (AvgIpc) is 3.03. The Kier molecular flexibility index (Phi) is 5.11. The second-order valence-electron chi connectivity index (χ2n) is 6.11. The number of aryl methyl sites for hydroxylation is 1. The Hall–Kier alpha value is -2.80. The lowest BCUT2D eigenvalue weighted by molar-refractivity contribution is 0.102. The molecule has 0 radical (unpaired) electrons. The van der Waals surface area contributed by atoms with Gasteiger partial charge in [-0.1, -0.05) is 30.0 Å². The Balaban J connectivity index is 1.43. The molecule has 1 aliphatic heterocycles. The second kappa shape index (κ2) is 7.84.